The molecule has 1 aromatic heterocycles. The first-order chi connectivity index (χ1) is 18.9. The summed E-state index contributed by atoms with van der Waals surface area (Å²) < 4.78 is 6.16. The normalized spacial score (nSPS) is 20.9. The molecule has 2 amide bonds. The maximum atomic E-state index is 13.4. The van der Waals surface area contributed by atoms with Crippen LogP contribution in [0.5, 0.6) is 0 Å². The standard InChI is InChI=1S/C33H39N3O4/c1-23(36-21-20-33(40-30(36)38,22-31(2,3)39)26-10-7-6-8-11-26)24-14-16-25(17-15-24)27-12-9-13-28(34-27)32(18-19-32)29(37)35(4)5/h6-17,23,39H,18-22H2,1-5H3/t23-,33-/m0/s1. The van der Waals surface area contributed by atoms with Crippen LogP contribution in [0.1, 0.15) is 69.3 Å². The minimum Gasteiger partial charge on any atom is -0.438 e. The third kappa shape index (κ3) is 5.35. The monoisotopic (exact) mass is 541 g/mol. The van der Waals surface area contributed by atoms with Gasteiger partial charge >= 0.3 is 6.09 Å². The first-order valence-electron chi connectivity index (χ1n) is 14.0. The molecule has 0 bridgehead atoms. The summed E-state index contributed by atoms with van der Waals surface area (Å²) in [5.74, 6) is 0.105. The molecule has 1 aliphatic carbocycles. The lowest BCUT2D eigenvalue weighted by atomic mass is 9.80. The van der Waals surface area contributed by atoms with Gasteiger partial charge in [-0.15, -0.1) is 0 Å². The summed E-state index contributed by atoms with van der Waals surface area (Å²) in [6, 6.07) is 23.5. The van der Waals surface area contributed by atoms with E-state index >= 15 is 0 Å². The van der Waals surface area contributed by atoms with Crippen molar-refractivity contribution in [3.63, 3.8) is 0 Å². The molecule has 210 valence electrons. The number of rotatable bonds is 8. The van der Waals surface area contributed by atoms with Crippen LogP contribution in [0.4, 0.5) is 4.79 Å². The first-order valence-corrected chi connectivity index (χ1v) is 14.0. The highest BCUT2D eigenvalue weighted by molar-refractivity contribution is 5.90. The minimum absolute atomic E-state index is 0.105. The van der Waals surface area contributed by atoms with E-state index in [1.165, 1.54) is 0 Å². The average Bonchev–Trinajstić information content (AvgIpc) is 3.74. The molecule has 3 aromatic rings. The summed E-state index contributed by atoms with van der Waals surface area (Å²) in [4.78, 5) is 34.5. The molecule has 40 heavy (non-hydrogen) atoms. The van der Waals surface area contributed by atoms with Crippen molar-refractivity contribution in [2.45, 2.75) is 69.1 Å². The van der Waals surface area contributed by atoms with Crippen LogP contribution in [0.2, 0.25) is 0 Å². The summed E-state index contributed by atoms with van der Waals surface area (Å²) >= 11 is 0. The second-order valence-electron chi connectivity index (χ2n) is 12.1. The molecule has 7 nitrogen and oxygen atoms in total. The Morgan fingerprint density at radius 3 is 2.27 bits per heavy atom. The van der Waals surface area contributed by atoms with Crippen LogP contribution in [0.15, 0.2) is 72.8 Å². The van der Waals surface area contributed by atoms with Gasteiger partial charge in [-0.25, -0.2) is 4.79 Å². The fraction of sp³-hybridized carbons (Fsp3) is 0.424. The number of cyclic esters (lactones) is 1. The summed E-state index contributed by atoms with van der Waals surface area (Å²) in [7, 11) is 3.58. The Hall–Kier alpha value is -3.71. The van der Waals surface area contributed by atoms with Gasteiger partial charge in [-0.3, -0.25) is 9.78 Å². The van der Waals surface area contributed by atoms with Crippen LogP contribution >= 0.6 is 0 Å². The van der Waals surface area contributed by atoms with Gasteiger partial charge in [0.25, 0.3) is 0 Å². The van der Waals surface area contributed by atoms with E-state index in [4.69, 9.17) is 9.72 Å². The van der Waals surface area contributed by atoms with E-state index in [2.05, 4.69) is 0 Å². The molecular weight excluding hydrogens is 502 g/mol. The Morgan fingerprint density at radius 1 is 1.02 bits per heavy atom. The van der Waals surface area contributed by atoms with Gasteiger partial charge in [-0.2, -0.15) is 0 Å². The number of aromatic nitrogens is 1. The van der Waals surface area contributed by atoms with Crippen molar-refractivity contribution in [1.82, 2.24) is 14.8 Å². The minimum atomic E-state index is -0.996. The molecule has 2 fully saturated rings. The van der Waals surface area contributed by atoms with Crippen molar-refractivity contribution in [1.29, 1.82) is 0 Å². The summed E-state index contributed by atoms with van der Waals surface area (Å²) in [5, 5.41) is 10.6. The summed E-state index contributed by atoms with van der Waals surface area (Å²) in [6.07, 6.45) is 2.17. The quantitative estimate of drug-likeness (QED) is 0.388. The van der Waals surface area contributed by atoms with Crippen molar-refractivity contribution in [3.05, 3.63) is 89.6 Å². The van der Waals surface area contributed by atoms with Gasteiger partial charge in [0.2, 0.25) is 5.91 Å². The predicted octanol–water partition coefficient (Wildman–Crippen LogP) is 5.83. The third-order valence-corrected chi connectivity index (χ3v) is 8.25. The fourth-order valence-corrected chi connectivity index (χ4v) is 6.00. The van der Waals surface area contributed by atoms with Crippen LogP contribution < -0.4 is 0 Å². The Balaban J connectivity index is 1.33. The molecule has 1 N–H and O–H groups in total. The molecule has 7 heteroatoms. The molecule has 1 saturated carbocycles. The van der Waals surface area contributed by atoms with Gasteiger partial charge in [0.05, 0.1) is 28.4 Å². The van der Waals surface area contributed by atoms with E-state index < -0.39 is 16.6 Å². The van der Waals surface area contributed by atoms with E-state index in [1.54, 1.807) is 37.7 Å². The zero-order valence-electron chi connectivity index (χ0n) is 24.1. The molecule has 1 aliphatic heterocycles. The second-order valence-corrected chi connectivity index (χ2v) is 12.1. The van der Waals surface area contributed by atoms with Crippen LogP contribution in [-0.4, -0.2) is 58.1 Å². The number of carbonyl (C=O) groups is 2. The van der Waals surface area contributed by atoms with Gasteiger partial charge in [0.15, 0.2) is 0 Å². The first kappa shape index (κ1) is 27.8. The lowest BCUT2D eigenvalue weighted by Gasteiger charge is -2.45. The van der Waals surface area contributed by atoms with Gasteiger partial charge in [-0.05, 0) is 56.9 Å². The number of amides is 2. The summed E-state index contributed by atoms with van der Waals surface area (Å²) in [6.45, 7) is 6.01. The highest BCUT2D eigenvalue weighted by Gasteiger charge is 2.53. The van der Waals surface area contributed by atoms with Crippen LogP contribution in [0.3, 0.4) is 0 Å². The number of ether oxygens (including phenoxy) is 1. The lowest BCUT2D eigenvalue weighted by Crippen LogP contribution is -2.51. The molecule has 0 spiro atoms. The number of aliphatic hydroxyl groups is 1. The number of nitrogens with zero attached hydrogens (tertiary/aromatic N) is 3. The average molecular weight is 542 g/mol. The molecular formula is C33H39N3O4. The number of carbonyl (C=O) groups excluding carboxylic acids is 2. The van der Waals surface area contributed by atoms with Crippen molar-refractivity contribution in [2.75, 3.05) is 20.6 Å². The Kier molecular flexibility index (Phi) is 7.21. The highest BCUT2D eigenvalue weighted by atomic mass is 16.6. The second kappa shape index (κ2) is 10.4. The van der Waals surface area contributed by atoms with Crippen molar-refractivity contribution in [2.24, 2.45) is 0 Å². The van der Waals surface area contributed by atoms with E-state index in [0.29, 0.717) is 19.4 Å². The summed E-state index contributed by atoms with van der Waals surface area (Å²) in [5.41, 5.74) is 2.13. The van der Waals surface area contributed by atoms with Crippen molar-refractivity contribution >= 4 is 12.0 Å². The number of pyridine rings is 1. The molecule has 2 aliphatic rings. The van der Waals surface area contributed by atoms with Crippen LogP contribution in [0, 0.1) is 0 Å². The number of hydrogen-bond donors (Lipinski definition) is 1. The number of likely N-dealkylation sites (N-methyl/N-ethyl adjacent to an activating group) is 1. The molecule has 5 rings (SSSR count). The van der Waals surface area contributed by atoms with Crippen LogP contribution in [0.25, 0.3) is 11.3 Å². The SMILES string of the molecule is C[C@@H](c1ccc(-c2cccc(C3(C(=O)N(C)C)CC3)n2)cc1)N1CC[C@](CC(C)(C)O)(c2ccccc2)OC1=O. The van der Waals surface area contributed by atoms with E-state index in [9.17, 15) is 14.7 Å². The zero-order valence-corrected chi connectivity index (χ0v) is 24.1. The van der Waals surface area contributed by atoms with Gasteiger partial charge in [0.1, 0.15) is 5.60 Å². The van der Waals surface area contributed by atoms with Crippen molar-refractivity contribution < 1.29 is 19.4 Å². The van der Waals surface area contributed by atoms with Gasteiger partial charge in [-0.1, -0.05) is 60.7 Å². The number of hydrogen-bond acceptors (Lipinski definition) is 5. The van der Waals surface area contributed by atoms with E-state index in [-0.39, 0.29) is 18.0 Å². The smallest absolute Gasteiger partial charge is 0.411 e. The third-order valence-electron chi connectivity index (χ3n) is 8.25. The topological polar surface area (TPSA) is 83.0 Å². The van der Waals surface area contributed by atoms with Crippen molar-refractivity contribution in [3.8, 4) is 11.3 Å². The maximum Gasteiger partial charge on any atom is 0.411 e. The van der Waals surface area contributed by atoms with Crippen LogP contribution in [-0.2, 0) is 20.5 Å². The maximum absolute atomic E-state index is 13.4. The molecule has 2 atom stereocenters. The molecule has 0 radical (unpaired) electrons. The molecule has 2 heterocycles. The Morgan fingerprint density at radius 2 is 1.70 bits per heavy atom. The Labute approximate surface area is 236 Å². The largest absolute Gasteiger partial charge is 0.438 e. The Bertz CT molecular complexity index is 1380. The molecule has 0 unspecified atom stereocenters. The lowest BCUT2D eigenvalue weighted by molar-refractivity contribution is -0.131. The number of benzene rings is 2. The van der Waals surface area contributed by atoms with E-state index in [0.717, 1.165) is 40.9 Å². The van der Waals surface area contributed by atoms with Gasteiger partial charge in [0, 0.05) is 39.0 Å². The fourth-order valence-electron chi connectivity index (χ4n) is 6.00. The molecule has 1 saturated heterocycles. The van der Waals surface area contributed by atoms with Gasteiger partial charge < -0.3 is 19.6 Å². The highest BCUT2D eigenvalue weighted by Crippen LogP contribution is 2.49. The molecule has 2 aromatic carbocycles. The predicted molar refractivity (Wildman–Crippen MR) is 155 cm³/mol. The zero-order chi connectivity index (χ0) is 28.7. The van der Waals surface area contributed by atoms with E-state index in [1.807, 2.05) is 79.7 Å².